The van der Waals surface area contributed by atoms with Gasteiger partial charge in [-0.25, -0.2) is 4.79 Å². The molecule has 3 rings (SSSR count). The van der Waals surface area contributed by atoms with Crippen LogP contribution in [0.2, 0.25) is 0 Å². The van der Waals surface area contributed by atoms with Crippen molar-refractivity contribution in [3.63, 3.8) is 0 Å². The molecule has 1 N–H and O–H groups in total. The zero-order chi connectivity index (χ0) is 17.5. The van der Waals surface area contributed by atoms with Gasteiger partial charge in [0.2, 0.25) is 0 Å². The lowest BCUT2D eigenvalue weighted by atomic mass is 9.91. The van der Waals surface area contributed by atoms with Gasteiger partial charge >= 0.3 is 6.09 Å². The summed E-state index contributed by atoms with van der Waals surface area (Å²) in [6, 6.07) is 19.3. The number of rotatable bonds is 5. The number of amides is 1. The van der Waals surface area contributed by atoms with Crippen molar-refractivity contribution in [1.29, 1.82) is 0 Å². The van der Waals surface area contributed by atoms with Crippen LogP contribution in [0.25, 0.3) is 0 Å². The van der Waals surface area contributed by atoms with E-state index >= 15 is 0 Å². The van der Waals surface area contributed by atoms with Crippen molar-refractivity contribution in [2.45, 2.75) is 51.0 Å². The summed E-state index contributed by atoms with van der Waals surface area (Å²) >= 11 is 0. The molecule has 0 heterocycles. The molecule has 0 bridgehead atoms. The Kier molecular flexibility index (Phi) is 6.07. The first kappa shape index (κ1) is 17.5. The van der Waals surface area contributed by atoms with Crippen LogP contribution < -0.4 is 0 Å². The summed E-state index contributed by atoms with van der Waals surface area (Å²) in [5.41, 5.74) is 2.00. The summed E-state index contributed by atoms with van der Waals surface area (Å²) in [5, 5.41) is 10.4. The molecule has 1 fully saturated rings. The number of ether oxygens (including phenoxy) is 1. The molecule has 2 aromatic carbocycles. The number of carbonyl (C=O) groups is 1. The van der Waals surface area contributed by atoms with Gasteiger partial charge in [0.15, 0.2) is 0 Å². The zero-order valence-corrected chi connectivity index (χ0v) is 14.4. The summed E-state index contributed by atoms with van der Waals surface area (Å²) in [7, 11) is 0. The smallest absolute Gasteiger partial charge is 0.410 e. The molecule has 25 heavy (non-hydrogen) atoms. The van der Waals surface area contributed by atoms with Crippen molar-refractivity contribution in [2.75, 3.05) is 0 Å². The first-order chi connectivity index (χ1) is 12.2. The Hall–Kier alpha value is -2.33. The predicted molar refractivity (Wildman–Crippen MR) is 96.9 cm³/mol. The number of hydrogen-bond donors (Lipinski definition) is 1. The fourth-order valence-corrected chi connectivity index (χ4v) is 3.35. The molecule has 0 aliphatic heterocycles. The topological polar surface area (TPSA) is 49.8 Å². The summed E-state index contributed by atoms with van der Waals surface area (Å²) < 4.78 is 5.54. The molecule has 1 aliphatic carbocycles. The minimum Gasteiger partial charge on any atom is -0.445 e. The predicted octanol–water partition coefficient (Wildman–Crippen LogP) is 4.13. The maximum absolute atomic E-state index is 12.8. The molecule has 0 spiro atoms. The molecule has 1 saturated carbocycles. The largest absolute Gasteiger partial charge is 0.445 e. The summed E-state index contributed by atoms with van der Waals surface area (Å²) in [6.45, 7) is 0.698. The molecule has 4 heteroatoms. The van der Waals surface area contributed by atoms with Gasteiger partial charge in [-0.05, 0) is 24.0 Å². The Balaban J connectivity index is 1.71. The highest BCUT2D eigenvalue weighted by molar-refractivity contribution is 5.68. The SMILES string of the molecule is O=C(OCc1ccccc1)N(Cc1ccccc1)C1CCCCC1O. The summed E-state index contributed by atoms with van der Waals surface area (Å²) in [5.74, 6) is 0. The van der Waals surface area contributed by atoms with E-state index in [0.717, 1.165) is 36.8 Å². The summed E-state index contributed by atoms with van der Waals surface area (Å²) in [4.78, 5) is 14.5. The van der Waals surface area contributed by atoms with E-state index in [1.165, 1.54) is 0 Å². The highest BCUT2D eigenvalue weighted by Crippen LogP contribution is 2.25. The second-order valence-electron chi connectivity index (χ2n) is 6.57. The van der Waals surface area contributed by atoms with Crippen molar-refractivity contribution in [3.8, 4) is 0 Å². The Bertz CT molecular complexity index is 659. The average Bonchev–Trinajstić information content (AvgIpc) is 2.66. The first-order valence-corrected chi connectivity index (χ1v) is 8.93. The number of benzene rings is 2. The van der Waals surface area contributed by atoms with Gasteiger partial charge in [-0.2, -0.15) is 0 Å². The molecule has 2 unspecified atom stereocenters. The zero-order valence-electron chi connectivity index (χ0n) is 14.4. The second kappa shape index (κ2) is 8.67. The Morgan fingerprint density at radius 3 is 2.20 bits per heavy atom. The lowest BCUT2D eigenvalue weighted by molar-refractivity contribution is 0.00732. The second-order valence-corrected chi connectivity index (χ2v) is 6.57. The van der Waals surface area contributed by atoms with Crippen LogP contribution >= 0.6 is 0 Å². The van der Waals surface area contributed by atoms with Crippen LogP contribution in [0.1, 0.15) is 36.8 Å². The molecule has 0 radical (unpaired) electrons. The normalized spacial score (nSPS) is 20.0. The summed E-state index contributed by atoms with van der Waals surface area (Å²) in [6.07, 6.45) is 2.74. The van der Waals surface area contributed by atoms with Crippen molar-refractivity contribution < 1.29 is 14.6 Å². The van der Waals surface area contributed by atoms with Gasteiger partial charge in [0.05, 0.1) is 12.1 Å². The molecule has 132 valence electrons. The number of carbonyl (C=O) groups excluding carboxylic acids is 1. The van der Waals surface area contributed by atoms with E-state index in [-0.39, 0.29) is 18.7 Å². The minimum absolute atomic E-state index is 0.183. The molecular weight excluding hydrogens is 314 g/mol. The Morgan fingerprint density at radius 2 is 1.56 bits per heavy atom. The maximum atomic E-state index is 12.8. The third kappa shape index (κ3) is 4.83. The van der Waals surface area contributed by atoms with Gasteiger partial charge in [-0.3, -0.25) is 4.90 Å². The van der Waals surface area contributed by atoms with Crippen LogP contribution in [0.3, 0.4) is 0 Å². The molecule has 4 nitrogen and oxygen atoms in total. The van der Waals surface area contributed by atoms with Crippen molar-refractivity contribution in [3.05, 3.63) is 71.8 Å². The third-order valence-corrected chi connectivity index (χ3v) is 4.73. The van der Waals surface area contributed by atoms with Crippen LogP contribution in [0.4, 0.5) is 4.79 Å². The van der Waals surface area contributed by atoms with Crippen molar-refractivity contribution in [1.82, 2.24) is 4.90 Å². The fraction of sp³-hybridized carbons (Fsp3) is 0.381. The lowest BCUT2D eigenvalue weighted by Gasteiger charge is -2.37. The Labute approximate surface area is 149 Å². The Morgan fingerprint density at radius 1 is 0.960 bits per heavy atom. The molecular formula is C21H25NO3. The van der Waals surface area contributed by atoms with E-state index in [4.69, 9.17) is 4.74 Å². The van der Waals surface area contributed by atoms with Crippen LogP contribution in [-0.4, -0.2) is 28.2 Å². The van der Waals surface area contributed by atoms with Crippen molar-refractivity contribution in [2.24, 2.45) is 0 Å². The van der Waals surface area contributed by atoms with Crippen LogP contribution in [-0.2, 0) is 17.9 Å². The van der Waals surface area contributed by atoms with Gasteiger partial charge in [0.25, 0.3) is 0 Å². The number of hydrogen-bond acceptors (Lipinski definition) is 3. The molecule has 0 aromatic heterocycles. The lowest BCUT2D eigenvalue weighted by Crippen LogP contribution is -2.48. The van der Waals surface area contributed by atoms with Gasteiger partial charge in [0, 0.05) is 6.54 Å². The van der Waals surface area contributed by atoms with E-state index in [1.807, 2.05) is 60.7 Å². The monoisotopic (exact) mass is 339 g/mol. The van der Waals surface area contributed by atoms with Crippen LogP contribution in [0, 0.1) is 0 Å². The molecule has 2 aromatic rings. The maximum Gasteiger partial charge on any atom is 0.410 e. The van der Waals surface area contributed by atoms with Gasteiger partial charge in [-0.1, -0.05) is 73.5 Å². The number of aliphatic hydroxyl groups is 1. The minimum atomic E-state index is -0.485. The van der Waals surface area contributed by atoms with Crippen LogP contribution in [0.15, 0.2) is 60.7 Å². The van der Waals surface area contributed by atoms with Gasteiger partial charge < -0.3 is 9.84 Å². The average molecular weight is 339 g/mol. The third-order valence-electron chi connectivity index (χ3n) is 4.73. The van der Waals surface area contributed by atoms with E-state index in [1.54, 1.807) is 4.90 Å². The van der Waals surface area contributed by atoms with E-state index in [0.29, 0.717) is 6.54 Å². The van der Waals surface area contributed by atoms with E-state index in [9.17, 15) is 9.90 Å². The standard InChI is InChI=1S/C21H25NO3/c23-20-14-8-7-13-19(20)22(15-17-9-3-1-4-10-17)21(24)25-16-18-11-5-2-6-12-18/h1-6,9-12,19-20,23H,7-8,13-16H2. The molecule has 2 atom stereocenters. The number of nitrogens with zero attached hydrogens (tertiary/aromatic N) is 1. The van der Waals surface area contributed by atoms with Gasteiger partial charge in [-0.15, -0.1) is 0 Å². The molecule has 1 aliphatic rings. The molecule has 0 saturated heterocycles. The number of aliphatic hydroxyl groups excluding tert-OH is 1. The quantitative estimate of drug-likeness (QED) is 0.891. The highest BCUT2D eigenvalue weighted by atomic mass is 16.6. The fourth-order valence-electron chi connectivity index (χ4n) is 3.35. The first-order valence-electron chi connectivity index (χ1n) is 8.93. The van der Waals surface area contributed by atoms with Gasteiger partial charge in [0.1, 0.15) is 6.61 Å². The van der Waals surface area contributed by atoms with Crippen LogP contribution in [0.5, 0.6) is 0 Å². The molecule has 1 amide bonds. The van der Waals surface area contributed by atoms with Crippen molar-refractivity contribution >= 4 is 6.09 Å². The highest BCUT2D eigenvalue weighted by Gasteiger charge is 2.32. The van der Waals surface area contributed by atoms with E-state index in [2.05, 4.69) is 0 Å². The van der Waals surface area contributed by atoms with E-state index < -0.39 is 6.10 Å².